The van der Waals surface area contributed by atoms with Gasteiger partial charge in [-0.2, -0.15) is 0 Å². The summed E-state index contributed by atoms with van der Waals surface area (Å²) in [7, 11) is -1.81. The average Bonchev–Trinajstić information content (AvgIpc) is 2.37. The Kier molecular flexibility index (Phi) is 3.54. The van der Waals surface area contributed by atoms with Crippen LogP contribution >= 0.6 is 0 Å². The molecule has 0 bridgehead atoms. The molecule has 0 saturated carbocycles. The van der Waals surface area contributed by atoms with Crippen LogP contribution in [0.5, 0.6) is 5.75 Å². The summed E-state index contributed by atoms with van der Waals surface area (Å²) in [5, 5.41) is 10.5. The van der Waals surface area contributed by atoms with Crippen molar-refractivity contribution in [1.29, 1.82) is 0 Å². The molecular formula is C13H14O4S. The maximum Gasteiger partial charge on any atom is 0.180 e. The van der Waals surface area contributed by atoms with Crippen LogP contribution in [0, 0.1) is 0 Å². The minimum absolute atomic E-state index is 0.231. The van der Waals surface area contributed by atoms with Gasteiger partial charge in [0.25, 0.3) is 0 Å². The molecule has 0 amide bonds. The maximum atomic E-state index is 11.8. The Morgan fingerprint density at radius 2 is 1.78 bits per heavy atom. The van der Waals surface area contributed by atoms with Crippen LogP contribution in [0.15, 0.2) is 41.3 Å². The number of ether oxygens (including phenoxy) is 1. The van der Waals surface area contributed by atoms with E-state index in [1.807, 2.05) is 12.1 Å². The molecule has 0 atom stereocenters. The van der Waals surface area contributed by atoms with Crippen LogP contribution < -0.4 is 4.74 Å². The molecule has 18 heavy (non-hydrogen) atoms. The SMILES string of the molecule is COc1ccc2cc(S(=O)(=O)CCO)ccc2c1. The lowest BCUT2D eigenvalue weighted by molar-refractivity contribution is 0.319. The fraction of sp³-hybridized carbons (Fsp3) is 0.231. The van der Waals surface area contributed by atoms with Crippen LogP contribution in [-0.4, -0.2) is 33.0 Å². The van der Waals surface area contributed by atoms with Crippen LogP contribution in [0.2, 0.25) is 0 Å². The van der Waals surface area contributed by atoms with E-state index >= 15 is 0 Å². The highest BCUT2D eigenvalue weighted by atomic mass is 32.2. The summed E-state index contributed by atoms with van der Waals surface area (Å²) < 4.78 is 28.7. The van der Waals surface area contributed by atoms with E-state index in [-0.39, 0.29) is 17.3 Å². The molecule has 1 N–H and O–H groups in total. The van der Waals surface area contributed by atoms with E-state index in [0.29, 0.717) is 0 Å². The lowest BCUT2D eigenvalue weighted by Gasteiger charge is -2.06. The van der Waals surface area contributed by atoms with E-state index in [4.69, 9.17) is 9.84 Å². The smallest absolute Gasteiger partial charge is 0.180 e. The van der Waals surface area contributed by atoms with Gasteiger partial charge in [0.2, 0.25) is 0 Å². The highest BCUT2D eigenvalue weighted by Crippen LogP contribution is 2.24. The summed E-state index contributed by atoms with van der Waals surface area (Å²) in [5.41, 5.74) is 0. The van der Waals surface area contributed by atoms with Crippen molar-refractivity contribution in [2.24, 2.45) is 0 Å². The van der Waals surface area contributed by atoms with Crippen molar-refractivity contribution >= 4 is 20.6 Å². The van der Waals surface area contributed by atoms with Crippen molar-refractivity contribution in [3.8, 4) is 5.75 Å². The third-order valence-corrected chi connectivity index (χ3v) is 4.43. The molecule has 0 aromatic heterocycles. The third-order valence-electron chi connectivity index (χ3n) is 2.74. The first-order valence-electron chi connectivity index (χ1n) is 5.48. The Hall–Kier alpha value is -1.59. The fourth-order valence-corrected chi connectivity index (χ4v) is 2.82. The number of rotatable bonds is 4. The summed E-state index contributed by atoms with van der Waals surface area (Å²) >= 11 is 0. The predicted octanol–water partition coefficient (Wildman–Crippen LogP) is 1.61. The summed E-state index contributed by atoms with van der Waals surface area (Å²) in [4.78, 5) is 0.231. The molecule has 0 spiro atoms. The average molecular weight is 266 g/mol. The quantitative estimate of drug-likeness (QED) is 0.913. The monoisotopic (exact) mass is 266 g/mol. The predicted molar refractivity (Wildman–Crippen MR) is 69.6 cm³/mol. The van der Waals surface area contributed by atoms with Crippen molar-refractivity contribution < 1.29 is 18.3 Å². The van der Waals surface area contributed by atoms with Gasteiger partial charge in [0, 0.05) is 0 Å². The highest BCUT2D eigenvalue weighted by Gasteiger charge is 2.13. The van der Waals surface area contributed by atoms with Crippen LogP contribution in [0.3, 0.4) is 0 Å². The van der Waals surface area contributed by atoms with Gasteiger partial charge in [-0.15, -0.1) is 0 Å². The van der Waals surface area contributed by atoms with E-state index in [0.717, 1.165) is 16.5 Å². The van der Waals surface area contributed by atoms with Gasteiger partial charge in [0.1, 0.15) is 5.75 Å². The third kappa shape index (κ3) is 2.47. The molecule has 0 heterocycles. The zero-order valence-corrected chi connectivity index (χ0v) is 10.8. The number of hydrogen-bond donors (Lipinski definition) is 1. The van der Waals surface area contributed by atoms with Crippen LogP contribution in [0.4, 0.5) is 0 Å². The molecule has 0 aliphatic carbocycles. The molecule has 0 saturated heterocycles. The Bertz CT molecular complexity index is 662. The molecule has 96 valence electrons. The van der Waals surface area contributed by atoms with Gasteiger partial charge in [-0.05, 0) is 35.0 Å². The fourth-order valence-electron chi connectivity index (χ4n) is 1.76. The number of sulfone groups is 1. The van der Waals surface area contributed by atoms with Crippen LogP contribution in [-0.2, 0) is 9.84 Å². The van der Waals surface area contributed by atoms with E-state index < -0.39 is 9.84 Å². The Morgan fingerprint density at radius 3 is 2.44 bits per heavy atom. The zero-order valence-electron chi connectivity index (χ0n) is 9.96. The zero-order chi connectivity index (χ0) is 13.2. The second-order valence-corrected chi connectivity index (χ2v) is 6.03. The number of hydrogen-bond acceptors (Lipinski definition) is 4. The summed E-state index contributed by atoms with van der Waals surface area (Å²) in [6.45, 7) is -0.372. The maximum absolute atomic E-state index is 11.8. The first-order chi connectivity index (χ1) is 8.56. The molecule has 4 nitrogen and oxygen atoms in total. The van der Waals surface area contributed by atoms with Crippen molar-refractivity contribution in [2.45, 2.75) is 4.90 Å². The van der Waals surface area contributed by atoms with Gasteiger partial charge < -0.3 is 9.84 Å². The first kappa shape index (κ1) is 12.9. The van der Waals surface area contributed by atoms with Crippen molar-refractivity contribution in [2.75, 3.05) is 19.5 Å². The molecule has 2 rings (SSSR count). The van der Waals surface area contributed by atoms with Gasteiger partial charge in [0.15, 0.2) is 9.84 Å². The standard InChI is InChI=1S/C13H14O4S/c1-17-12-4-2-11-9-13(5-3-10(11)8-12)18(15,16)7-6-14/h2-5,8-9,14H,6-7H2,1H3. The summed E-state index contributed by atoms with van der Waals surface area (Å²) in [6, 6.07) is 10.3. The summed E-state index contributed by atoms with van der Waals surface area (Å²) in [5.74, 6) is 0.475. The number of methoxy groups -OCH3 is 1. The molecule has 0 aliphatic heterocycles. The molecule has 5 heteroatoms. The van der Waals surface area contributed by atoms with E-state index in [1.54, 1.807) is 31.4 Å². The molecular weight excluding hydrogens is 252 g/mol. The van der Waals surface area contributed by atoms with Crippen LogP contribution in [0.25, 0.3) is 10.8 Å². The molecule has 0 aliphatic rings. The number of aliphatic hydroxyl groups is 1. The van der Waals surface area contributed by atoms with Gasteiger partial charge in [-0.25, -0.2) is 8.42 Å². The first-order valence-corrected chi connectivity index (χ1v) is 7.13. The molecule has 0 radical (unpaired) electrons. The second-order valence-electron chi connectivity index (χ2n) is 3.92. The Labute approximate surface area is 106 Å². The molecule has 0 fully saturated rings. The van der Waals surface area contributed by atoms with Gasteiger partial charge in [0.05, 0.1) is 24.4 Å². The van der Waals surface area contributed by atoms with Crippen molar-refractivity contribution in [1.82, 2.24) is 0 Å². The van der Waals surface area contributed by atoms with Crippen molar-refractivity contribution in [3.05, 3.63) is 36.4 Å². The molecule has 0 unspecified atom stereocenters. The Balaban J connectivity index is 2.52. The minimum Gasteiger partial charge on any atom is -0.497 e. The van der Waals surface area contributed by atoms with E-state index in [2.05, 4.69) is 0 Å². The lowest BCUT2D eigenvalue weighted by atomic mass is 10.1. The number of aliphatic hydroxyl groups excluding tert-OH is 1. The van der Waals surface area contributed by atoms with Crippen molar-refractivity contribution in [3.63, 3.8) is 0 Å². The number of benzene rings is 2. The minimum atomic E-state index is -3.40. The topological polar surface area (TPSA) is 63.6 Å². The van der Waals surface area contributed by atoms with E-state index in [9.17, 15) is 8.42 Å². The summed E-state index contributed by atoms with van der Waals surface area (Å²) in [6.07, 6.45) is 0. The second kappa shape index (κ2) is 4.96. The molecule has 2 aromatic rings. The number of fused-ring (bicyclic) bond motifs is 1. The Morgan fingerprint density at radius 1 is 1.11 bits per heavy atom. The normalized spacial score (nSPS) is 11.7. The highest BCUT2D eigenvalue weighted by molar-refractivity contribution is 7.91. The van der Waals surface area contributed by atoms with Gasteiger partial charge in [-0.1, -0.05) is 12.1 Å². The molecule has 2 aromatic carbocycles. The van der Waals surface area contributed by atoms with E-state index in [1.165, 1.54) is 0 Å². The lowest BCUT2D eigenvalue weighted by Crippen LogP contribution is -2.09. The van der Waals surface area contributed by atoms with Gasteiger partial charge >= 0.3 is 0 Å². The largest absolute Gasteiger partial charge is 0.497 e. The van der Waals surface area contributed by atoms with Gasteiger partial charge in [-0.3, -0.25) is 0 Å². The van der Waals surface area contributed by atoms with Crippen LogP contribution in [0.1, 0.15) is 0 Å².